The Labute approximate surface area is 148 Å². The summed E-state index contributed by atoms with van der Waals surface area (Å²) in [7, 11) is 0. The molecule has 0 spiro atoms. The second kappa shape index (κ2) is 7.70. The van der Waals surface area contributed by atoms with Gasteiger partial charge in [-0.1, -0.05) is 13.8 Å². The number of aromatic nitrogens is 2. The van der Waals surface area contributed by atoms with Crippen molar-refractivity contribution in [2.45, 2.75) is 46.1 Å². The lowest BCUT2D eigenvalue weighted by molar-refractivity contribution is 0.102. The third kappa shape index (κ3) is 4.82. The lowest BCUT2D eigenvalue weighted by atomic mass is 10.1. The molecular weight excluding hydrogens is 318 g/mol. The maximum atomic E-state index is 12.5. The number of carbonyl (C=O) groups is 1. The van der Waals surface area contributed by atoms with E-state index >= 15 is 0 Å². The highest BCUT2D eigenvalue weighted by Gasteiger charge is 2.23. The van der Waals surface area contributed by atoms with Gasteiger partial charge in [-0.3, -0.25) is 9.48 Å². The Bertz CT molecular complexity index is 713. The van der Waals surface area contributed by atoms with Crippen LogP contribution >= 0.6 is 0 Å². The summed E-state index contributed by atoms with van der Waals surface area (Å²) in [5, 5.41) is 16.1. The average Bonchev–Trinajstić information content (AvgIpc) is 3.00. The molecule has 0 atom stereocenters. The minimum atomic E-state index is -0.242. The molecule has 0 fully saturated rings. The first-order valence-electron chi connectivity index (χ1n) is 8.48. The van der Waals surface area contributed by atoms with Gasteiger partial charge in [0, 0.05) is 11.4 Å². The smallest absolute Gasteiger partial charge is 0.276 e. The Balaban J connectivity index is 2.15. The van der Waals surface area contributed by atoms with Crippen LogP contribution in [0, 0.1) is 0 Å². The van der Waals surface area contributed by atoms with Crippen LogP contribution in [0.5, 0.6) is 5.75 Å². The first-order valence-corrected chi connectivity index (χ1v) is 8.48. The summed E-state index contributed by atoms with van der Waals surface area (Å²) in [5.41, 5.74) is 1.91. The number of rotatable bonds is 6. The van der Waals surface area contributed by atoms with E-state index in [1.54, 1.807) is 24.3 Å². The second-order valence-electron chi connectivity index (χ2n) is 7.24. The van der Waals surface area contributed by atoms with E-state index in [4.69, 9.17) is 9.84 Å². The van der Waals surface area contributed by atoms with E-state index in [9.17, 15) is 4.79 Å². The highest BCUT2D eigenvalue weighted by Crippen LogP contribution is 2.24. The van der Waals surface area contributed by atoms with Crippen molar-refractivity contribution in [2.24, 2.45) is 0 Å². The molecule has 136 valence electrons. The van der Waals surface area contributed by atoms with Crippen molar-refractivity contribution in [2.75, 3.05) is 18.5 Å². The van der Waals surface area contributed by atoms with E-state index in [2.05, 4.69) is 45.0 Å². The Hall–Kier alpha value is -2.34. The number of carbonyl (C=O) groups excluding carboxylic acids is 1. The van der Waals surface area contributed by atoms with Crippen molar-refractivity contribution in [3.8, 4) is 5.75 Å². The quantitative estimate of drug-likeness (QED) is 0.841. The topological polar surface area (TPSA) is 76.4 Å². The normalized spacial score (nSPS) is 11.6. The number of nitrogens with zero attached hydrogens (tertiary/aromatic N) is 2. The molecule has 2 N–H and O–H groups in total. The molecule has 1 amide bonds. The summed E-state index contributed by atoms with van der Waals surface area (Å²) in [4.78, 5) is 12.5. The molecular formula is C19H27N3O3. The highest BCUT2D eigenvalue weighted by atomic mass is 16.5. The number of hydrogen-bond donors (Lipinski definition) is 2. The number of amides is 1. The van der Waals surface area contributed by atoms with E-state index in [1.165, 1.54) is 0 Å². The molecule has 6 heteroatoms. The minimum Gasteiger partial charge on any atom is -0.491 e. The fraction of sp³-hybridized carbons (Fsp3) is 0.474. The number of hydrogen-bond acceptors (Lipinski definition) is 4. The van der Waals surface area contributed by atoms with E-state index in [1.807, 2.05) is 10.7 Å². The van der Waals surface area contributed by atoms with Crippen molar-refractivity contribution in [1.29, 1.82) is 0 Å². The number of anilines is 1. The van der Waals surface area contributed by atoms with E-state index in [0.29, 0.717) is 17.1 Å². The molecule has 0 saturated carbocycles. The summed E-state index contributed by atoms with van der Waals surface area (Å²) >= 11 is 0. The summed E-state index contributed by atoms with van der Waals surface area (Å²) in [6.45, 7) is 10.6. The summed E-state index contributed by atoms with van der Waals surface area (Å²) < 4.78 is 7.22. The Morgan fingerprint density at radius 3 is 2.40 bits per heavy atom. The number of aliphatic hydroxyl groups excluding tert-OH is 1. The molecule has 0 aliphatic heterocycles. The van der Waals surface area contributed by atoms with E-state index in [-0.39, 0.29) is 30.6 Å². The lowest BCUT2D eigenvalue weighted by Crippen LogP contribution is -2.26. The number of aliphatic hydroxyl groups is 1. The Morgan fingerprint density at radius 1 is 1.28 bits per heavy atom. The van der Waals surface area contributed by atoms with Crippen molar-refractivity contribution >= 4 is 11.6 Å². The molecule has 0 radical (unpaired) electrons. The van der Waals surface area contributed by atoms with Gasteiger partial charge in [0.05, 0.1) is 12.1 Å². The lowest BCUT2D eigenvalue weighted by Gasteiger charge is -2.23. The van der Waals surface area contributed by atoms with Crippen LogP contribution in [0.1, 0.15) is 56.7 Å². The Kier molecular flexibility index (Phi) is 5.85. The first kappa shape index (κ1) is 19.0. The van der Waals surface area contributed by atoms with Crippen LogP contribution in [0.25, 0.3) is 0 Å². The third-order valence-corrected chi connectivity index (χ3v) is 3.67. The van der Waals surface area contributed by atoms with Crippen molar-refractivity contribution < 1.29 is 14.6 Å². The van der Waals surface area contributed by atoms with Gasteiger partial charge in [-0.2, -0.15) is 5.10 Å². The van der Waals surface area contributed by atoms with Crippen LogP contribution in [0.2, 0.25) is 0 Å². The van der Waals surface area contributed by atoms with Gasteiger partial charge in [-0.25, -0.2) is 0 Å². The molecule has 6 nitrogen and oxygen atoms in total. The fourth-order valence-electron chi connectivity index (χ4n) is 2.45. The summed E-state index contributed by atoms with van der Waals surface area (Å²) in [6, 6.07) is 8.87. The zero-order valence-electron chi connectivity index (χ0n) is 15.5. The first-order chi connectivity index (χ1) is 11.7. The molecule has 0 aliphatic carbocycles. The average molecular weight is 345 g/mol. The maximum Gasteiger partial charge on any atom is 0.276 e. The van der Waals surface area contributed by atoms with Gasteiger partial charge in [0.1, 0.15) is 12.4 Å². The van der Waals surface area contributed by atoms with Crippen molar-refractivity contribution in [3.05, 3.63) is 41.7 Å². The maximum absolute atomic E-state index is 12.5. The fourth-order valence-corrected chi connectivity index (χ4v) is 2.45. The molecule has 0 bridgehead atoms. The zero-order valence-corrected chi connectivity index (χ0v) is 15.5. The van der Waals surface area contributed by atoms with Gasteiger partial charge in [0.25, 0.3) is 5.91 Å². The van der Waals surface area contributed by atoms with Gasteiger partial charge < -0.3 is 15.2 Å². The predicted molar refractivity (Wildman–Crippen MR) is 98.3 cm³/mol. The van der Waals surface area contributed by atoms with Gasteiger partial charge in [0.2, 0.25) is 0 Å². The second-order valence-corrected chi connectivity index (χ2v) is 7.24. The van der Waals surface area contributed by atoms with Crippen LogP contribution in [0.15, 0.2) is 30.3 Å². The molecule has 0 aliphatic rings. The molecule has 2 aromatic rings. The van der Waals surface area contributed by atoms with Crippen LogP contribution in [0.3, 0.4) is 0 Å². The highest BCUT2D eigenvalue weighted by molar-refractivity contribution is 6.02. The van der Waals surface area contributed by atoms with E-state index < -0.39 is 0 Å². The Morgan fingerprint density at radius 2 is 1.92 bits per heavy atom. The van der Waals surface area contributed by atoms with Gasteiger partial charge >= 0.3 is 0 Å². The van der Waals surface area contributed by atoms with E-state index in [0.717, 1.165) is 5.69 Å². The van der Waals surface area contributed by atoms with Gasteiger partial charge in [-0.15, -0.1) is 0 Å². The van der Waals surface area contributed by atoms with Crippen LogP contribution in [-0.2, 0) is 5.54 Å². The summed E-state index contributed by atoms with van der Waals surface area (Å²) in [5.74, 6) is 0.677. The predicted octanol–water partition coefficient (Wildman–Crippen LogP) is 3.38. The minimum absolute atomic E-state index is 0.0346. The van der Waals surface area contributed by atoms with Crippen LogP contribution in [-0.4, -0.2) is 34.0 Å². The van der Waals surface area contributed by atoms with Crippen molar-refractivity contribution in [1.82, 2.24) is 9.78 Å². The summed E-state index contributed by atoms with van der Waals surface area (Å²) in [6.07, 6.45) is 0. The molecule has 0 unspecified atom stereocenters. The molecule has 25 heavy (non-hydrogen) atoms. The molecule has 2 rings (SSSR count). The molecule has 0 saturated heterocycles. The molecule has 1 aromatic carbocycles. The standard InChI is InChI=1S/C19H27N3O3/c1-13(2)17-12-16(21-22(17)19(3,4)5)18(24)20-14-6-8-15(9-7-14)25-11-10-23/h6-9,12-13,23H,10-11H2,1-5H3,(H,20,24). The van der Waals surface area contributed by atoms with Gasteiger partial charge in [0.15, 0.2) is 5.69 Å². The largest absolute Gasteiger partial charge is 0.491 e. The number of benzene rings is 1. The van der Waals surface area contributed by atoms with Crippen LogP contribution in [0.4, 0.5) is 5.69 Å². The van der Waals surface area contributed by atoms with Crippen LogP contribution < -0.4 is 10.1 Å². The zero-order chi connectivity index (χ0) is 18.6. The third-order valence-electron chi connectivity index (χ3n) is 3.67. The molecule has 1 heterocycles. The SMILES string of the molecule is CC(C)c1cc(C(=O)Nc2ccc(OCCO)cc2)nn1C(C)(C)C. The number of ether oxygens (including phenoxy) is 1. The molecule has 1 aromatic heterocycles. The monoisotopic (exact) mass is 345 g/mol. The van der Waals surface area contributed by atoms with Crippen molar-refractivity contribution in [3.63, 3.8) is 0 Å². The number of nitrogens with one attached hydrogen (secondary N) is 1. The van der Waals surface area contributed by atoms with Gasteiger partial charge in [-0.05, 0) is 57.0 Å².